The van der Waals surface area contributed by atoms with Crippen LogP contribution in [0.25, 0.3) is 10.2 Å². The summed E-state index contributed by atoms with van der Waals surface area (Å²) in [6, 6.07) is 13.0. The minimum atomic E-state index is -0.319. The van der Waals surface area contributed by atoms with Crippen molar-refractivity contribution >= 4 is 39.1 Å². The average Bonchev–Trinajstić information content (AvgIpc) is 2.77. The number of hydrogen-bond acceptors (Lipinski definition) is 2. The van der Waals surface area contributed by atoms with Gasteiger partial charge in [-0.1, -0.05) is 47.2 Å². The SMILES string of the molecule is Cc1cccc2sc(=NC(=O)c3ccccc3Cl)n(C)c12. The molecule has 5 heteroatoms. The van der Waals surface area contributed by atoms with Crippen LogP contribution in [0, 0.1) is 6.92 Å². The summed E-state index contributed by atoms with van der Waals surface area (Å²) >= 11 is 7.54. The molecule has 3 rings (SSSR count). The number of para-hydroxylation sites is 1. The van der Waals surface area contributed by atoms with Crippen LogP contribution in [-0.2, 0) is 7.05 Å². The fraction of sp³-hybridized carbons (Fsp3) is 0.125. The molecule has 1 amide bonds. The predicted molar refractivity (Wildman–Crippen MR) is 86.9 cm³/mol. The van der Waals surface area contributed by atoms with Crippen molar-refractivity contribution in [1.82, 2.24) is 4.57 Å². The summed E-state index contributed by atoms with van der Waals surface area (Å²) in [7, 11) is 1.92. The van der Waals surface area contributed by atoms with Gasteiger partial charge in [0, 0.05) is 7.05 Å². The number of rotatable bonds is 1. The molecule has 0 unspecified atom stereocenters. The number of thiazole rings is 1. The first kappa shape index (κ1) is 14.0. The number of amides is 1. The van der Waals surface area contributed by atoms with Crippen molar-refractivity contribution < 1.29 is 4.79 Å². The second-order valence-electron chi connectivity index (χ2n) is 4.76. The molecule has 0 aliphatic heterocycles. The number of carbonyl (C=O) groups excluding carboxylic acids is 1. The Morgan fingerprint density at radius 2 is 1.95 bits per heavy atom. The Bertz CT molecular complexity index is 908. The van der Waals surface area contributed by atoms with E-state index in [9.17, 15) is 4.79 Å². The summed E-state index contributed by atoms with van der Waals surface area (Å²) in [6.45, 7) is 2.05. The van der Waals surface area contributed by atoms with Crippen LogP contribution < -0.4 is 4.80 Å². The first-order valence-electron chi connectivity index (χ1n) is 6.46. The highest BCUT2D eigenvalue weighted by atomic mass is 35.5. The Kier molecular flexibility index (Phi) is 3.66. The Morgan fingerprint density at radius 1 is 1.19 bits per heavy atom. The van der Waals surface area contributed by atoms with E-state index in [1.165, 1.54) is 11.3 Å². The monoisotopic (exact) mass is 316 g/mol. The smallest absolute Gasteiger partial charge is 0.281 e. The number of carbonyl (C=O) groups is 1. The van der Waals surface area contributed by atoms with E-state index in [0.29, 0.717) is 15.4 Å². The fourth-order valence-electron chi connectivity index (χ4n) is 2.29. The molecule has 0 aliphatic carbocycles. The molecule has 0 spiro atoms. The lowest BCUT2D eigenvalue weighted by Gasteiger charge is -2.00. The zero-order chi connectivity index (χ0) is 15.0. The van der Waals surface area contributed by atoms with Crippen molar-refractivity contribution in [2.75, 3.05) is 0 Å². The number of benzene rings is 2. The minimum Gasteiger partial charge on any atom is -0.319 e. The lowest BCUT2D eigenvalue weighted by Crippen LogP contribution is -2.13. The summed E-state index contributed by atoms with van der Waals surface area (Å²) < 4.78 is 3.06. The zero-order valence-corrected chi connectivity index (χ0v) is 13.2. The lowest BCUT2D eigenvalue weighted by atomic mass is 10.2. The maximum absolute atomic E-state index is 12.3. The first-order valence-corrected chi connectivity index (χ1v) is 7.66. The third-order valence-electron chi connectivity index (χ3n) is 3.33. The summed E-state index contributed by atoms with van der Waals surface area (Å²) in [6.07, 6.45) is 0. The van der Waals surface area contributed by atoms with Crippen LogP contribution in [0.15, 0.2) is 47.5 Å². The van der Waals surface area contributed by atoms with Gasteiger partial charge in [0.05, 0.1) is 20.8 Å². The highest BCUT2D eigenvalue weighted by Crippen LogP contribution is 2.20. The topological polar surface area (TPSA) is 34.4 Å². The van der Waals surface area contributed by atoms with E-state index < -0.39 is 0 Å². The van der Waals surface area contributed by atoms with Crippen LogP contribution in [0.5, 0.6) is 0 Å². The molecule has 0 bridgehead atoms. The van der Waals surface area contributed by atoms with E-state index in [-0.39, 0.29) is 5.91 Å². The Hall–Kier alpha value is -1.91. The highest BCUT2D eigenvalue weighted by molar-refractivity contribution is 7.16. The molecule has 0 atom stereocenters. The van der Waals surface area contributed by atoms with Crippen LogP contribution in [0.1, 0.15) is 15.9 Å². The Labute approximate surface area is 131 Å². The molecule has 0 N–H and O–H groups in total. The number of aryl methyl sites for hydroxylation is 2. The molecule has 0 fully saturated rings. The third-order valence-corrected chi connectivity index (χ3v) is 4.75. The van der Waals surface area contributed by atoms with E-state index in [1.54, 1.807) is 24.3 Å². The second kappa shape index (κ2) is 5.47. The van der Waals surface area contributed by atoms with E-state index in [0.717, 1.165) is 15.8 Å². The summed E-state index contributed by atoms with van der Waals surface area (Å²) in [4.78, 5) is 17.2. The van der Waals surface area contributed by atoms with Crippen LogP contribution >= 0.6 is 22.9 Å². The van der Waals surface area contributed by atoms with Crippen LogP contribution in [0.2, 0.25) is 5.02 Å². The predicted octanol–water partition coefficient (Wildman–Crippen LogP) is 3.94. The van der Waals surface area contributed by atoms with Gasteiger partial charge >= 0.3 is 0 Å². The molecule has 1 aromatic heterocycles. The maximum Gasteiger partial charge on any atom is 0.281 e. The number of nitrogens with zero attached hydrogens (tertiary/aromatic N) is 2. The lowest BCUT2D eigenvalue weighted by molar-refractivity contribution is 0.0998. The average molecular weight is 317 g/mol. The highest BCUT2D eigenvalue weighted by Gasteiger charge is 2.10. The van der Waals surface area contributed by atoms with Crippen molar-refractivity contribution in [1.29, 1.82) is 0 Å². The molecule has 21 heavy (non-hydrogen) atoms. The van der Waals surface area contributed by atoms with Gasteiger partial charge in [0.2, 0.25) is 0 Å². The van der Waals surface area contributed by atoms with E-state index in [2.05, 4.69) is 18.0 Å². The number of hydrogen-bond donors (Lipinski definition) is 0. The van der Waals surface area contributed by atoms with Gasteiger partial charge in [0.15, 0.2) is 4.80 Å². The molecule has 0 saturated heterocycles. The summed E-state index contributed by atoms with van der Waals surface area (Å²) in [5.41, 5.74) is 2.69. The standard InChI is InChI=1S/C16H13ClN2OS/c1-10-6-5-9-13-14(10)19(2)16(21-13)18-15(20)11-7-3-4-8-12(11)17/h3-9H,1-2H3. The van der Waals surface area contributed by atoms with E-state index in [1.807, 2.05) is 23.7 Å². The van der Waals surface area contributed by atoms with Crippen LogP contribution in [0.3, 0.4) is 0 Å². The zero-order valence-electron chi connectivity index (χ0n) is 11.6. The largest absolute Gasteiger partial charge is 0.319 e. The normalized spacial score (nSPS) is 12.0. The molecule has 0 radical (unpaired) electrons. The number of fused-ring (bicyclic) bond motifs is 1. The molecule has 3 nitrogen and oxygen atoms in total. The number of aromatic nitrogens is 1. The van der Waals surface area contributed by atoms with Gasteiger partial charge in [0.1, 0.15) is 0 Å². The molecule has 0 saturated carbocycles. The van der Waals surface area contributed by atoms with Gasteiger partial charge in [-0.3, -0.25) is 4.79 Å². The molecule has 3 aromatic rings. The molecular weight excluding hydrogens is 304 g/mol. The third kappa shape index (κ3) is 2.52. The minimum absolute atomic E-state index is 0.319. The molecule has 106 valence electrons. The van der Waals surface area contributed by atoms with Gasteiger partial charge in [-0.2, -0.15) is 4.99 Å². The van der Waals surface area contributed by atoms with Crippen molar-refractivity contribution in [2.45, 2.75) is 6.92 Å². The Balaban J connectivity index is 2.17. The summed E-state index contributed by atoms with van der Waals surface area (Å²) in [5.74, 6) is -0.319. The maximum atomic E-state index is 12.3. The van der Waals surface area contributed by atoms with Crippen molar-refractivity contribution in [2.24, 2.45) is 12.0 Å². The molecular formula is C16H13ClN2OS. The van der Waals surface area contributed by atoms with Gasteiger partial charge < -0.3 is 4.57 Å². The second-order valence-corrected chi connectivity index (χ2v) is 6.18. The fourth-order valence-corrected chi connectivity index (χ4v) is 3.60. The van der Waals surface area contributed by atoms with Gasteiger partial charge in [0.25, 0.3) is 5.91 Å². The van der Waals surface area contributed by atoms with Crippen molar-refractivity contribution in [3.8, 4) is 0 Å². The first-order chi connectivity index (χ1) is 10.1. The van der Waals surface area contributed by atoms with E-state index >= 15 is 0 Å². The van der Waals surface area contributed by atoms with E-state index in [4.69, 9.17) is 11.6 Å². The summed E-state index contributed by atoms with van der Waals surface area (Å²) in [5, 5.41) is 0.422. The van der Waals surface area contributed by atoms with Gasteiger partial charge in [-0.15, -0.1) is 0 Å². The quantitative estimate of drug-likeness (QED) is 0.669. The molecule has 0 aliphatic rings. The van der Waals surface area contributed by atoms with Crippen molar-refractivity contribution in [3.05, 3.63) is 63.4 Å². The van der Waals surface area contributed by atoms with Crippen LogP contribution in [0.4, 0.5) is 0 Å². The van der Waals surface area contributed by atoms with Gasteiger partial charge in [-0.05, 0) is 30.7 Å². The van der Waals surface area contributed by atoms with Crippen LogP contribution in [-0.4, -0.2) is 10.5 Å². The van der Waals surface area contributed by atoms with Crippen molar-refractivity contribution in [3.63, 3.8) is 0 Å². The molecule has 1 heterocycles. The Morgan fingerprint density at radius 3 is 2.67 bits per heavy atom. The number of halogens is 1. The molecule has 2 aromatic carbocycles. The van der Waals surface area contributed by atoms with Gasteiger partial charge in [-0.25, -0.2) is 0 Å².